The maximum Gasteiger partial charge on any atom is 0.223 e. The Morgan fingerprint density at radius 3 is 2.72 bits per heavy atom. The zero-order valence-electron chi connectivity index (χ0n) is 15.2. The second-order valence-corrected chi connectivity index (χ2v) is 8.53. The molecule has 0 aromatic carbocycles. The monoisotopic (exact) mass is 362 g/mol. The Bertz CT molecular complexity index is 753. The van der Waals surface area contributed by atoms with Gasteiger partial charge in [0.1, 0.15) is 5.82 Å². The van der Waals surface area contributed by atoms with E-state index in [4.69, 9.17) is 0 Å². The molecule has 136 valence electrons. The maximum absolute atomic E-state index is 11.8. The molecule has 0 saturated heterocycles. The van der Waals surface area contributed by atoms with Gasteiger partial charge in [-0.2, -0.15) is 5.10 Å². The molecule has 1 saturated carbocycles. The van der Waals surface area contributed by atoms with Crippen LogP contribution in [-0.2, 0) is 11.3 Å². The molecule has 1 aliphatic rings. The van der Waals surface area contributed by atoms with Gasteiger partial charge < -0.3 is 10.6 Å². The molecule has 3 rings (SSSR count). The smallest absolute Gasteiger partial charge is 0.223 e. The minimum Gasteiger partial charge on any atom is -0.367 e. The number of carbonyl (C=O) groups excluding carboxylic acids is 1. The normalized spacial score (nSPS) is 14.5. The molecule has 2 aromatic rings. The van der Waals surface area contributed by atoms with Crippen LogP contribution in [0.3, 0.4) is 0 Å². The van der Waals surface area contributed by atoms with E-state index in [1.165, 1.54) is 0 Å². The van der Waals surface area contributed by atoms with Crippen molar-refractivity contribution in [3.63, 3.8) is 0 Å². The highest BCUT2D eigenvalue weighted by molar-refractivity contribution is 7.99. The zero-order valence-corrected chi connectivity index (χ0v) is 16.1. The lowest BCUT2D eigenvalue weighted by Crippen LogP contribution is -2.28. The molecule has 2 N–H and O–H groups in total. The van der Waals surface area contributed by atoms with Gasteiger partial charge in [-0.25, -0.2) is 14.6 Å². The van der Waals surface area contributed by atoms with Gasteiger partial charge in [-0.1, -0.05) is 25.6 Å². The Hall–Kier alpha value is -1.83. The first-order valence-corrected chi connectivity index (χ1v) is 9.76. The van der Waals surface area contributed by atoms with Gasteiger partial charge in [-0.15, -0.1) is 0 Å². The maximum atomic E-state index is 11.8. The van der Waals surface area contributed by atoms with Crippen LogP contribution in [0.15, 0.2) is 11.4 Å². The summed E-state index contributed by atoms with van der Waals surface area (Å²) in [6, 6.07) is 0.274. The minimum atomic E-state index is 0.157. The third-order valence-corrected chi connectivity index (χ3v) is 4.68. The first-order chi connectivity index (χ1) is 11.9. The largest absolute Gasteiger partial charge is 0.367 e. The molecule has 25 heavy (non-hydrogen) atoms. The second kappa shape index (κ2) is 7.59. The summed E-state index contributed by atoms with van der Waals surface area (Å²) in [5.41, 5.74) is 0.807. The zero-order chi connectivity index (χ0) is 18.0. The van der Waals surface area contributed by atoms with E-state index < -0.39 is 0 Å². The van der Waals surface area contributed by atoms with Crippen LogP contribution in [0.5, 0.6) is 0 Å². The third kappa shape index (κ3) is 4.62. The second-order valence-electron chi connectivity index (χ2n) is 6.99. The van der Waals surface area contributed by atoms with Crippen LogP contribution in [0.25, 0.3) is 11.0 Å². The van der Waals surface area contributed by atoms with Gasteiger partial charge in [0.25, 0.3) is 0 Å². The van der Waals surface area contributed by atoms with Crippen molar-refractivity contribution >= 4 is 34.5 Å². The van der Waals surface area contributed by atoms with E-state index in [1.807, 2.05) is 4.68 Å². The quantitative estimate of drug-likeness (QED) is 0.555. The average Bonchev–Trinajstić information content (AvgIpc) is 3.29. The summed E-state index contributed by atoms with van der Waals surface area (Å²) in [5.74, 6) is 1.20. The van der Waals surface area contributed by atoms with Crippen molar-refractivity contribution < 1.29 is 4.79 Å². The van der Waals surface area contributed by atoms with Gasteiger partial charge in [0, 0.05) is 23.8 Å². The lowest BCUT2D eigenvalue weighted by molar-refractivity contribution is -0.122. The predicted octanol–water partition coefficient (Wildman–Crippen LogP) is 2.67. The fraction of sp³-hybridized carbons (Fsp3) is 0.647. The molecule has 0 bridgehead atoms. The number of fused-ring (bicyclic) bond motifs is 1. The number of nitrogens with zero attached hydrogens (tertiary/aromatic N) is 4. The molecule has 2 heterocycles. The first-order valence-electron chi connectivity index (χ1n) is 8.88. The number of hydrogen-bond acceptors (Lipinski definition) is 6. The molecule has 0 unspecified atom stereocenters. The van der Waals surface area contributed by atoms with Crippen LogP contribution in [-0.4, -0.2) is 43.5 Å². The number of rotatable bonds is 8. The lowest BCUT2D eigenvalue weighted by Gasteiger charge is -2.12. The van der Waals surface area contributed by atoms with Crippen molar-refractivity contribution in [2.45, 2.75) is 63.5 Å². The van der Waals surface area contributed by atoms with Crippen LogP contribution in [0.2, 0.25) is 0 Å². The topological polar surface area (TPSA) is 84.7 Å². The van der Waals surface area contributed by atoms with Gasteiger partial charge >= 0.3 is 0 Å². The molecule has 0 atom stereocenters. The van der Waals surface area contributed by atoms with Crippen molar-refractivity contribution in [1.29, 1.82) is 0 Å². The SMILES string of the molecule is CC(C)Nc1nc(SC(C)C)nc2c1cnn2CCNC(=O)C1CC1. The third-order valence-electron chi connectivity index (χ3n) is 3.81. The molecule has 1 aliphatic carbocycles. The van der Waals surface area contributed by atoms with E-state index >= 15 is 0 Å². The molecule has 2 aromatic heterocycles. The standard InChI is InChI=1S/C17H26N6OS/c1-10(2)20-14-13-9-19-23(8-7-18-16(24)12-5-6-12)15(13)22-17(21-14)25-11(3)4/h9-12H,5-8H2,1-4H3,(H,18,24)(H,20,21,22). The van der Waals surface area contributed by atoms with Crippen molar-refractivity contribution in [3.8, 4) is 0 Å². The van der Waals surface area contributed by atoms with Crippen molar-refractivity contribution in [2.75, 3.05) is 11.9 Å². The number of nitrogens with one attached hydrogen (secondary N) is 2. The molecule has 0 spiro atoms. The Kier molecular flexibility index (Phi) is 5.46. The minimum absolute atomic E-state index is 0.157. The van der Waals surface area contributed by atoms with Crippen molar-refractivity contribution in [1.82, 2.24) is 25.1 Å². The van der Waals surface area contributed by atoms with E-state index in [1.54, 1.807) is 18.0 Å². The highest BCUT2D eigenvalue weighted by Gasteiger charge is 2.29. The van der Waals surface area contributed by atoms with E-state index in [9.17, 15) is 4.79 Å². The lowest BCUT2D eigenvalue weighted by atomic mass is 10.3. The van der Waals surface area contributed by atoms with Crippen molar-refractivity contribution in [3.05, 3.63) is 6.20 Å². The summed E-state index contributed by atoms with van der Waals surface area (Å²) in [6.45, 7) is 9.58. The fourth-order valence-electron chi connectivity index (χ4n) is 2.52. The summed E-state index contributed by atoms with van der Waals surface area (Å²) in [5, 5.41) is 12.9. The van der Waals surface area contributed by atoms with Gasteiger partial charge in [-0.05, 0) is 26.7 Å². The van der Waals surface area contributed by atoms with E-state index in [0.717, 1.165) is 34.8 Å². The number of carbonyl (C=O) groups is 1. The van der Waals surface area contributed by atoms with E-state index in [-0.39, 0.29) is 17.9 Å². The van der Waals surface area contributed by atoms with Crippen LogP contribution >= 0.6 is 11.8 Å². The first kappa shape index (κ1) is 18.0. The molecular formula is C17H26N6OS. The predicted molar refractivity (Wildman–Crippen MR) is 101 cm³/mol. The number of amides is 1. The van der Waals surface area contributed by atoms with Gasteiger partial charge in [0.05, 0.1) is 18.1 Å². The summed E-state index contributed by atoms with van der Waals surface area (Å²) in [7, 11) is 0. The molecular weight excluding hydrogens is 336 g/mol. The highest BCUT2D eigenvalue weighted by Crippen LogP contribution is 2.29. The van der Waals surface area contributed by atoms with Crippen molar-refractivity contribution in [2.24, 2.45) is 5.92 Å². The number of thioether (sulfide) groups is 1. The summed E-state index contributed by atoms with van der Waals surface area (Å²) >= 11 is 1.63. The van der Waals surface area contributed by atoms with Crippen LogP contribution in [0.4, 0.5) is 5.82 Å². The average molecular weight is 363 g/mol. The number of anilines is 1. The molecule has 8 heteroatoms. The molecule has 1 fully saturated rings. The molecule has 7 nitrogen and oxygen atoms in total. The van der Waals surface area contributed by atoms with Gasteiger partial charge in [0.2, 0.25) is 5.91 Å². The van der Waals surface area contributed by atoms with Crippen LogP contribution < -0.4 is 10.6 Å². The van der Waals surface area contributed by atoms with Gasteiger partial charge in [0.15, 0.2) is 10.8 Å². The molecule has 0 radical (unpaired) electrons. The van der Waals surface area contributed by atoms with Crippen LogP contribution in [0, 0.1) is 5.92 Å². The van der Waals surface area contributed by atoms with Crippen LogP contribution in [0.1, 0.15) is 40.5 Å². The summed E-state index contributed by atoms with van der Waals surface area (Å²) in [6.07, 6.45) is 3.83. The Morgan fingerprint density at radius 2 is 2.08 bits per heavy atom. The fourth-order valence-corrected chi connectivity index (χ4v) is 3.23. The summed E-state index contributed by atoms with van der Waals surface area (Å²) < 4.78 is 1.85. The number of hydrogen-bond donors (Lipinski definition) is 2. The van der Waals surface area contributed by atoms with Gasteiger partial charge in [-0.3, -0.25) is 4.79 Å². The molecule has 0 aliphatic heterocycles. The number of aromatic nitrogens is 4. The summed E-state index contributed by atoms with van der Waals surface area (Å²) in [4.78, 5) is 21.1. The molecule has 1 amide bonds. The van der Waals surface area contributed by atoms with E-state index in [2.05, 4.69) is 53.4 Å². The highest BCUT2D eigenvalue weighted by atomic mass is 32.2. The Morgan fingerprint density at radius 1 is 1.32 bits per heavy atom. The Labute approximate surface area is 152 Å². The van der Waals surface area contributed by atoms with E-state index in [0.29, 0.717) is 18.3 Å². The Balaban J connectivity index is 1.81.